The Hall–Kier alpha value is -4.10. The van der Waals surface area contributed by atoms with Crippen LogP contribution in [0.25, 0.3) is 16.9 Å². The van der Waals surface area contributed by atoms with E-state index in [2.05, 4.69) is 54.2 Å². The fourth-order valence-electron chi connectivity index (χ4n) is 5.53. The monoisotopic (exact) mass is 532 g/mol. The van der Waals surface area contributed by atoms with E-state index in [0.29, 0.717) is 18.5 Å². The van der Waals surface area contributed by atoms with Crippen LogP contribution in [0.2, 0.25) is 0 Å². The molecule has 40 heavy (non-hydrogen) atoms. The molecule has 204 valence electrons. The minimum Gasteiger partial charge on any atom is -0.345 e. The molecule has 5 rings (SSSR count). The van der Waals surface area contributed by atoms with Crippen molar-refractivity contribution in [2.75, 3.05) is 25.0 Å². The van der Waals surface area contributed by atoms with E-state index in [4.69, 9.17) is 0 Å². The van der Waals surface area contributed by atoms with E-state index in [1.165, 1.54) is 5.56 Å². The summed E-state index contributed by atoms with van der Waals surface area (Å²) in [6, 6.07) is 30.3. The number of piperazine rings is 1. The van der Waals surface area contributed by atoms with E-state index in [1.807, 2.05) is 77.5 Å². The average Bonchev–Trinajstić information content (AvgIpc) is 3.42. The van der Waals surface area contributed by atoms with Gasteiger partial charge < -0.3 is 19.6 Å². The van der Waals surface area contributed by atoms with Gasteiger partial charge in [0.25, 0.3) is 5.91 Å². The van der Waals surface area contributed by atoms with Gasteiger partial charge in [0.2, 0.25) is 5.91 Å². The molecule has 0 aliphatic carbocycles. The number of nitrogens with one attached hydrogen (secondary N) is 1. The molecule has 0 radical (unpaired) electrons. The largest absolute Gasteiger partial charge is 0.345 e. The third-order valence-electron chi connectivity index (χ3n) is 7.62. The van der Waals surface area contributed by atoms with E-state index in [9.17, 15) is 9.59 Å². The van der Waals surface area contributed by atoms with Crippen molar-refractivity contribution in [3.05, 3.63) is 108 Å². The average molecular weight is 532 g/mol. The van der Waals surface area contributed by atoms with Crippen molar-refractivity contribution in [1.82, 2.24) is 14.3 Å². The number of aromatic nitrogens is 1. The van der Waals surface area contributed by atoms with Gasteiger partial charge >= 0.3 is 0 Å². The van der Waals surface area contributed by atoms with Gasteiger partial charge in [-0.1, -0.05) is 86.1 Å². The number of hydrogen-bond acceptors (Lipinski definition) is 3. The molecule has 0 bridgehead atoms. The zero-order chi connectivity index (χ0) is 27.9. The molecule has 4 aromatic rings. The molecule has 1 N–H and O–H groups in total. The first-order valence-electron chi connectivity index (χ1n) is 14.2. The molecule has 0 saturated carbocycles. The molecule has 1 unspecified atom stereocenters. The van der Waals surface area contributed by atoms with Gasteiger partial charge in [-0.3, -0.25) is 9.59 Å². The van der Waals surface area contributed by atoms with Gasteiger partial charge in [-0.25, -0.2) is 0 Å². The Morgan fingerprint density at radius 2 is 1.60 bits per heavy atom. The first-order valence-corrected chi connectivity index (χ1v) is 14.2. The topological polar surface area (TPSA) is 57.6 Å². The Bertz CT molecular complexity index is 1440. The zero-order valence-electron chi connectivity index (χ0n) is 23.4. The van der Waals surface area contributed by atoms with Crippen LogP contribution in [0, 0.1) is 0 Å². The third kappa shape index (κ3) is 6.21. The Morgan fingerprint density at radius 3 is 2.35 bits per heavy atom. The highest BCUT2D eigenvalue weighted by Crippen LogP contribution is 2.33. The highest BCUT2D eigenvalue weighted by atomic mass is 16.2. The number of carbonyl (C=O) groups excluding carboxylic acids is 2. The van der Waals surface area contributed by atoms with Crippen molar-refractivity contribution in [2.24, 2.45) is 0 Å². The van der Waals surface area contributed by atoms with Crippen molar-refractivity contribution in [3.8, 4) is 16.9 Å². The summed E-state index contributed by atoms with van der Waals surface area (Å²) >= 11 is 0. The Labute approximate surface area is 238 Å². The van der Waals surface area contributed by atoms with Crippen LogP contribution in [0.15, 0.2) is 97.2 Å². The molecule has 1 aromatic heterocycles. The Kier molecular flexibility index (Phi) is 8.82. The molecule has 2 heterocycles. The third-order valence-corrected chi connectivity index (χ3v) is 7.62. The maximum Gasteiger partial charge on any atom is 0.256 e. The van der Waals surface area contributed by atoms with Crippen LogP contribution in [-0.4, -0.2) is 59.7 Å². The molecule has 7 heteroatoms. The SMILES string of the molecule is BN1CCN(C(=O)c2ccn(-c3ccccc3NC(=O)CCCC)c2-c2ccccc2)C(Cc2ccccc2)C1. The fourth-order valence-corrected chi connectivity index (χ4v) is 5.53. The van der Waals surface area contributed by atoms with Gasteiger partial charge in [-0.15, -0.1) is 0 Å². The quantitative estimate of drug-likeness (QED) is 0.302. The van der Waals surface area contributed by atoms with Crippen molar-refractivity contribution in [2.45, 2.75) is 38.6 Å². The molecule has 3 aromatic carbocycles. The van der Waals surface area contributed by atoms with E-state index in [0.717, 1.165) is 55.0 Å². The molecular formula is C33H37BN4O2. The van der Waals surface area contributed by atoms with E-state index < -0.39 is 0 Å². The summed E-state index contributed by atoms with van der Waals surface area (Å²) in [4.78, 5) is 31.4. The Morgan fingerprint density at radius 1 is 0.900 bits per heavy atom. The number of amides is 2. The lowest BCUT2D eigenvalue weighted by atomic mass is 9.98. The van der Waals surface area contributed by atoms with Crippen molar-refractivity contribution >= 4 is 25.5 Å². The molecular weight excluding hydrogens is 495 g/mol. The first-order chi connectivity index (χ1) is 19.5. The van der Waals surface area contributed by atoms with Crippen LogP contribution in [0.1, 0.15) is 42.1 Å². The minimum atomic E-state index is 0.000192. The molecule has 1 aliphatic heterocycles. The highest BCUT2D eigenvalue weighted by molar-refractivity contribution is 6.05. The molecule has 1 saturated heterocycles. The van der Waals surface area contributed by atoms with Crippen molar-refractivity contribution in [3.63, 3.8) is 0 Å². The van der Waals surface area contributed by atoms with E-state index in [1.54, 1.807) is 0 Å². The van der Waals surface area contributed by atoms with Crippen LogP contribution < -0.4 is 5.32 Å². The van der Waals surface area contributed by atoms with E-state index in [-0.39, 0.29) is 17.9 Å². The van der Waals surface area contributed by atoms with Gasteiger partial charge in [-0.05, 0) is 42.2 Å². The lowest BCUT2D eigenvalue weighted by molar-refractivity contribution is -0.116. The number of benzene rings is 3. The van der Waals surface area contributed by atoms with Gasteiger partial charge in [0.15, 0.2) is 7.98 Å². The number of hydrogen-bond donors (Lipinski definition) is 1. The fraction of sp³-hybridized carbons (Fsp3) is 0.273. The lowest BCUT2D eigenvalue weighted by Crippen LogP contribution is -2.55. The molecule has 2 amide bonds. The van der Waals surface area contributed by atoms with Gasteiger partial charge in [-0.2, -0.15) is 0 Å². The smallest absolute Gasteiger partial charge is 0.256 e. The summed E-state index contributed by atoms with van der Waals surface area (Å²) in [7, 11) is 2.12. The molecule has 0 spiro atoms. The number of nitrogens with zero attached hydrogens (tertiary/aromatic N) is 3. The van der Waals surface area contributed by atoms with Crippen LogP contribution in [-0.2, 0) is 11.2 Å². The summed E-state index contributed by atoms with van der Waals surface area (Å²) in [5.74, 6) is 0.0382. The maximum atomic E-state index is 14.4. The lowest BCUT2D eigenvalue weighted by Gasteiger charge is -2.40. The maximum absolute atomic E-state index is 14.4. The standard InChI is InChI=1S/C33H37BN4O2/c1-2-3-18-31(39)35-29-16-10-11-17-30(29)38-20-19-28(32(38)26-14-8-5-9-15-26)33(40)37-22-21-36(34)24-27(37)23-25-12-6-4-7-13-25/h4-17,19-20,27H,2-3,18,21-24,34H2,1H3,(H,35,39). The zero-order valence-corrected chi connectivity index (χ0v) is 23.4. The predicted octanol–water partition coefficient (Wildman–Crippen LogP) is 5.19. The summed E-state index contributed by atoms with van der Waals surface area (Å²) in [6.45, 7) is 4.42. The second-order valence-electron chi connectivity index (χ2n) is 10.6. The molecule has 6 nitrogen and oxygen atoms in total. The van der Waals surface area contributed by atoms with Crippen molar-refractivity contribution in [1.29, 1.82) is 0 Å². The highest BCUT2D eigenvalue weighted by Gasteiger charge is 2.32. The van der Waals surface area contributed by atoms with Crippen molar-refractivity contribution < 1.29 is 9.59 Å². The van der Waals surface area contributed by atoms with Crippen LogP contribution in [0.5, 0.6) is 0 Å². The molecule has 1 aliphatic rings. The first kappa shape index (κ1) is 27.5. The number of unbranched alkanes of at least 4 members (excludes halogenated alkanes) is 1. The molecule has 1 atom stereocenters. The van der Waals surface area contributed by atoms with E-state index >= 15 is 0 Å². The summed E-state index contributed by atoms with van der Waals surface area (Å²) in [6.07, 6.45) is 5.06. The molecule has 1 fully saturated rings. The van der Waals surface area contributed by atoms with Gasteiger partial charge in [0.05, 0.1) is 22.6 Å². The van der Waals surface area contributed by atoms with Crippen LogP contribution >= 0.6 is 0 Å². The number of carbonyl (C=O) groups is 2. The minimum absolute atomic E-state index is 0.000192. The number of rotatable bonds is 9. The number of anilines is 1. The van der Waals surface area contributed by atoms with Gasteiger partial charge in [0.1, 0.15) is 0 Å². The second kappa shape index (κ2) is 12.8. The van der Waals surface area contributed by atoms with Gasteiger partial charge in [0, 0.05) is 38.3 Å². The second-order valence-corrected chi connectivity index (χ2v) is 10.6. The van der Waals surface area contributed by atoms with Crippen LogP contribution in [0.4, 0.5) is 5.69 Å². The Balaban J connectivity index is 1.53. The van der Waals surface area contributed by atoms with Crippen LogP contribution in [0.3, 0.4) is 0 Å². The summed E-state index contributed by atoms with van der Waals surface area (Å²) < 4.78 is 2.04. The summed E-state index contributed by atoms with van der Waals surface area (Å²) in [5.41, 5.74) is 5.26. The number of para-hydroxylation sites is 2. The summed E-state index contributed by atoms with van der Waals surface area (Å²) in [5, 5.41) is 3.10. The predicted molar refractivity (Wildman–Crippen MR) is 164 cm³/mol. The normalized spacial score (nSPS) is 15.6.